The van der Waals surface area contributed by atoms with Gasteiger partial charge in [-0.05, 0) is 127 Å². The van der Waals surface area contributed by atoms with E-state index in [9.17, 15) is 4.39 Å². The first-order valence-corrected chi connectivity index (χ1v) is 16.1. The van der Waals surface area contributed by atoms with E-state index in [1.54, 1.807) is 0 Å². The summed E-state index contributed by atoms with van der Waals surface area (Å²) in [6.07, 6.45) is 0. The molecule has 0 atom stereocenters. The molecule has 10 rings (SSSR count). The minimum absolute atomic E-state index is 0.244. The molecule has 0 radical (unpaired) electrons. The van der Waals surface area contributed by atoms with Crippen LogP contribution in [0, 0.1) is 5.82 Å². The molecular formula is C45H28FN. The normalized spacial score (nSPS) is 13.4. The molecule has 220 valence electrons. The molecule has 0 unspecified atom stereocenters. The van der Waals surface area contributed by atoms with E-state index in [4.69, 9.17) is 0 Å². The minimum Gasteiger partial charge on any atom is -0.311 e. The van der Waals surface area contributed by atoms with Crippen molar-refractivity contribution in [2.45, 2.75) is 5.41 Å². The van der Waals surface area contributed by atoms with Crippen LogP contribution in [0.4, 0.5) is 21.5 Å². The summed E-state index contributed by atoms with van der Waals surface area (Å²) in [5, 5.41) is 5.27. The first-order valence-electron chi connectivity index (χ1n) is 16.1. The van der Waals surface area contributed by atoms with Gasteiger partial charge >= 0.3 is 0 Å². The Balaban J connectivity index is 1.18. The van der Waals surface area contributed by atoms with E-state index in [-0.39, 0.29) is 11.2 Å². The second-order valence-corrected chi connectivity index (χ2v) is 12.6. The number of halogens is 1. The smallest absolute Gasteiger partial charge is 0.123 e. The molecular weight excluding hydrogens is 574 g/mol. The first kappa shape index (κ1) is 26.2. The maximum absolute atomic E-state index is 13.9. The van der Waals surface area contributed by atoms with Gasteiger partial charge in [-0.15, -0.1) is 0 Å². The largest absolute Gasteiger partial charge is 0.311 e. The highest BCUT2D eigenvalue weighted by Crippen LogP contribution is 2.62. The summed E-state index contributed by atoms with van der Waals surface area (Å²) in [4.78, 5) is 2.16. The van der Waals surface area contributed by atoms with Crippen molar-refractivity contribution in [1.82, 2.24) is 0 Å². The number of nitrogens with zero attached hydrogens (tertiary/aromatic N) is 1. The van der Waals surface area contributed by atoms with E-state index in [0.717, 1.165) is 22.6 Å². The van der Waals surface area contributed by atoms with Gasteiger partial charge < -0.3 is 4.90 Å². The summed E-state index contributed by atoms with van der Waals surface area (Å²) in [5.74, 6) is -0.244. The maximum Gasteiger partial charge on any atom is 0.123 e. The summed E-state index contributed by atoms with van der Waals surface area (Å²) >= 11 is 0. The van der Waals surface area contributed by atoms with Crippen molar-refractivity contribution >= 4 is 38.6 Å². The van der Waals surface area contributed by atoms with Crippen molar-refractivity contribution in [3.63, 3.8) is 0 Å². The highest BCUT2D eigenvalue weighted by atomic mass is 19.1. The summed E-state index contributed by atoms with van der Waals surface area (Å²) in [6.45, 7) is 0. The molecule has 0 saturated carbocycles. The molecule has 0 fully saturated rings. The van der Waals surface area contributed by atoms with Crippen molar-refractivity contribution in [3.05, 3.63) is 198 Å². The van der Waals surface area contributed by atoms with Gasteiger partial charge in [0, 0.05) is 17.1 Å². The molecule has 0 bridgehead atoms. The van der Waals surface area contributed by atoms with Gasteiger partial charge in [-0.1, -0.05) is 109 Å². The van der Waals surface area contributed by atoms with Gasteiger partial charge in [0.15, 0.2) is 0 Å². The number of hydrogen-bond donors (Lipinski definition) is 0. The fourth-order valence-electron chi connectivity index (χ4n) is 8.40. The molecule has 1 nitrogen and oxygen atoms in total. The maximum atomic E-state index is 13.9. The van der Waals surface area contributed by atoms with Gasteiger partial charge in [-0.25, -0.2) is 4.39 Å². The molecule has 0 aromatic heterocycles. The zero-order valence-electron chi connectivity index (χ0n) is 25.5. The van der Waals surface area contributed by atoms with Crippen LogP contribution < -0.4 is 4.90 Å². The third kappa shape index (κ3) is 3.58. The minimum atomic E-state index is -0.378. The molecule has 2 aliphatic carbocycles. The third-order valence-electron chi connectivity index (χ3n) is 10.3. The lowest BCUT2D eigenvalue weighted by Crippen LogP contribution is -2.26. The average Bonchev–Trinajstić information content (AvgIpc) is 3.60. The fourth-order valence-corrected chi connectivity index (χ4v) is 8.40. The average molecular weight is 602 g/mol. The molecule has 8 aromatic rings. The summed E-state index contributed by atoms with van der Waals surface area (Å²) < 4.78 is 13.9. The quantitative estimate of drug-likeness (QED) is 0.181. The van der Waals surface area contributed by atoms with Crippen molar-refractivity contribution in [3.8, 4) is 22.3 Å². The van der Waals surface area contributed by atoms with Gasteiger partial charge in [-0.2, -0.15) is 0 Å². The molecule has 2 aliphatic rings. The van der Waals surface area contributed by atoms with Gasteiger partial charge in [0.05, 0.1) is 5.41 Å². The predicted octanol–water partition coefficient (Wildman–Crippen LogP) is 11.9. The Morgan fingerprint density at radius 2 is 0.936 bits per heavy atom. The van der Waals surface area contributed by atoms with Crippen LogP contribution in [0.3, 0.4) is 0 Å². The number of fused-ring (bicyclic) bond motifs is 7. The first-order chi connectivity index (χ1) is 23.2. The van der Waals surface area contributed by atoms with Crippen molar-refractivity contribution < 1.29 is 4.39 Å². The second kappa shape index (κ2) is 9.75. The summed E-state index contributed by atoms with van der Waals surface area (Å²) in [6, 6.07) is 59.8. The van der Waals surface area contributed by atoms with E-state index < -0.39 is 0 Å². The van der Waals surface area contributed by atoms with E-state index in [2.05, 4.69) is 132 Å². The number of benzene rings is 8. The predicted molar refractivity (Wildman–Crippen MR) is 192 cm³/mol. The van der Waals surface area contributed by atoms with Crippen LogP contribution in [0.2, 0.25) is 0 Å². The van der Waals surface area contributed by atoms with E-state index >= 15 is 0 Å². The summed E-state index contributed by atoms with van der Waals surface area (Å²) in [7, 11) is 0. The highest BCUT2D eigenvalue weighted by Gasteiger charge is 2.50. The lowest BCUT2D eigenvalue weighted by Gasteiger charge is -2.31. The SMILES string of the molecule is Fc1ccc(N(c2ccccc2)c2ccc(-c3cc4c5c(ccc6cccc(c65)C45c4ccccc4-c4ccccc45)c3)cc2)cc1. The van der Waals surface area contributed by atoms with Gasteiger partial charge in [0.25, 0.3) is 0 Å². The van der Waals surface area contributed by atoms with E-state index in [1.807, 2.05) is 30.3 Å². The topological polar surface area (TPSA) is 3.24 Å². The second-order valence-electron chi connectivity index (χ2n) is 12.6. The van der Waals surface area contributed by atoms with Crippen LogP contribution in [0.25, 0.3) is 43.8 Å². The van der Waals surface area contributed by atoms with Crippen LogP contribution in [0.15, 0.2) is 170 Å². The fraction of sp³-hybridized carbons (Fsp3) is 0.0222. The van der Waals surface area contributed by atoms with E-state index in [0.29, 0.717) is 0 Å². The Morgan fingerprint density at radius 1 is 0.383 bits per heavy atom. The molecule has 0 N–H and O–H groups in total. The van der Waals surface area contributed by atoms with Crippen molar-refractivity contribution in [2.75, 3.05) is 4.90 Å². The van der Waals surface area contributed by atoms with Crippen LogP contribution in [-0.4, -0.2) is 0 Å². The zero-order valence-corrected chi connectivity index (χ0v) is 25.5. The Labute approximate surface area is 272 Å². The van der Waals surface area contributed by atoms with Crippen LogP contribution in [-0.2, 0) is 5.41 Å². The molecule has 0 saturated heterocycles. The van der Waals surface area contributed by atoms with Gasteiger partial charge in [0.2, 0.25) is 0 Å². The molecule has 1 spiro atoms. The Morgan fingerprint density at radius 3 is 1.64 bits per heavy atom. The number of para-hydroxylation sites is 1. The Kier molecular flexibility index (Phi) is 5.45. The van der Waals surface area contributed by atoms with E-state index in [1.165, 1.54) is 72.6 Å². The van der Waals surface area contributed by atoms with Crippen molar-refractivity contribution in [1.29, 1.82) is 0 Å². The molecule has 47 heavy (non-hydrogen) atoms. The van der Waals surface area contributed by atoms with Crippen LogP contribution >= 0.6 is 0 Å². The van der Waals surface area contributed by atoms with Gasteiger partial charge in [-0.3, -0.25) is 0 Å². The number of anilines is 3. The highest BCUT2D eigenvalue weighted by molar-refractivity contribution is 6.18. The molecule has 8 aromatic carbocycles. The molecule has 2 heteroatoms. The Hall–Kier alpha value is -5.99. The zero-order chi connectivity index (χ0) is 31.1. The third-order valence-corrected chi connectivity index (χ3v) is 10.3. The monoisotopic (exact) mass is 601 g/mol. The molecule has 0 heterocycles. The summed E-state index contributed by atoms with van der Waals surface area (Å²) in [5.41, 5.74) is 13.0. The van der Waals surface area contributed by atoms with Crippen LogP contribution in [0.1, 0.15) is 22.3 Å². The molecule has 0 amide bonds. The van der Waals surface area contributed by atoms with Crippen LogP contribution in [0.5, 0.6) is 0 Å². The standard InChI is InChI=1S/C45H28FN/c46-33-21-25-36(26-22-33)47(34-10-2-1-3-11-34)35-23-19-29(20-24-35)32-27-31-18-17-30-9-8-16-41-43(30)44(31)42(28-32)45(41)39-14-6-4-12-37(39)38-13-5-7-15-40(38)45/h1-28H. The lowest BCUT2D eigenvalue weighted by atomic mass is 9.70. The number of hydrogen-bond acceptors (Lipinski definition) is 1. The molecule has 0 aliphatic heterocycles. The Bertz CT molecular complexity index is 2470. The van der Waals surface area contributed by atoms with Crippen molar-refractivity contribution in [2.24, 2.45) is 0 Å². The number of rotatable bonds is 4. The lowest BCUT2D eigenvalue weighted by molar-refractivity contribution is 0.628. The van der Waals surface area contributed by atoms with Gasteiger partial charge in [0.1, 0.15) is 5.82 Å².